The fourth-order valence-corrected chi connectivity index (χ4v) is 4.48. The van der Waals surface area contributed by atoms with E-state index in [1.807, 2.05) is 13.0 Å². The van der Waals surface area contributed by atoms with E-state index in [-0.39, 0.29) is 53.9 Å². The van der Waals surface area contributed by atoms with Gasteiger partial charge in [0.15, 0.2) is 15.8 Å². The van der Waals surface area contributed by atoms with Gasteiger partial charge in [-0.2, -0.15) is 0 Å². The molecule has 1 atom stereocenters. The van der Waals surface area contributed by atoms with Gasteiger partial charge in [-0.25, -0.2) is 13.4 Å². The van der Waals surface area contributed by atoms with Crippen LogP contribution in [-0.4, -0.2) is 62.5 Å². The second-order valence-electron chi connectivity index (χ2n) is 6.34. The Hall–Kier alpha value is -1.14. The quantitative estimate of drug-likeness (QED) is 0.196. The molecule has 1 unspecified atom stereocenters. The van der Waals surface area contributed by atoms with E-state index in [0.717, 1.165) is 12.0 Å². The molecule has 1 aromatic rings. The first-order chi connectivity index (χ1) is 12.9. The molecule has 0 aromatic carbocycles. The molecule has 8 nitrogen and oxygen atoms in total. The molecule has 11 heteroatoms. The van der Waals surface area contributed by atoms with Gasteiger partial charge in [-0.3, -0.25) is 9.79 Å². The standard InChI is InChI=1S/C17H26ClN5O3S.HI/c1-2-19-17(20-8-5-13-3-4-15(18)22-11-13)21-9-6-16(24)23-14-7-10-27(25,26)12-14;/h3-4,11,14H,2,5-10,12H2,1H3,(H,23,24)(H2,19,20,21);1H. The maximum Gasteiger partial charge on any atom is 0.222 e. The lowest BCUT2D eigenvalue weighted by molar-refractivity contribution is -0.121. The fourth-order valence-electron chi connectivity index (χ4n) is 2.70. The molecule has 1 fully saturated rings. The van der Waals surface area contributed by atoms with Crippen LogP contribution < -0.4 is 16.0 Å². The number of sulfone groups is 1. The number of carbonyl (C=O) groups excluding carboxylic acids is 1. The highest BCUT2D eigenvalue weighted by molar-refractivity contribution is 14.0. The fraction of sp³-hybridized carbons (Fsp3) is 0.588. The zero-order valence-corrected chi connectivity index (χ0v) is 19.7. The lowest BCUT2D eigenvalue weighted by Gasteiger charge is -2.12. The summed E-state index contributed by atoms with van der Waals surface area (Å²) >= 11 is 5.77. The average Bonchev–Trinajstić information content (AvgIpc) is 2.95. The van der Waals surface area contributed by atoms with Gasteiger partial charge < -0.3 is 16.0 Å². The second kappa shape index (κ2) is 12.4. The normalized spacial score (nSPS) is 18.2. The second-order valence-corrected chi connectivity index (χ2v) is 8.96. The lowest BCUT2D eigenvalue weighted by Crippen LogP contribution is -2.39. The number of aliphatic imine (C=N–C) groups is 1. The molecule has 1 amide bonds. The molecule has 0 spiro atoms. The minimum Gasteiger partial charge on any atom is -0.357 e. The molecule has 1 aliphatic heterocycles. The minimum atomic E-state index is -2.99. The van der Waals surface area contributed by atoms with E-state index in [4.69, 9.17) is 11.6 Å². The Balaban J connectivity index is 0.00000392. The zero-order valence-electron chi connectivity index (χ0n) is 15.8. The van der Waals surface area contributed by atoms with Gasteiger partial charge in [-0.1, -0.05) is 17.7 Å². The van der Waals surface area contributed by atoms with E-state index < -0.39 is 9.84 Å². The largest absolute Gasteiger partial charge is 0.357 e. The highest BCUT2D eigenvalue weighted by atomic mass is 127. The Morgan fingerprint density at radius 2 is 2.14 bits per heavy atom. The van der Waals surface area contributed by atoms with Crippen molar-refractivity contribution in [2.24, 2.45) is 4.99 Å². The molecular weight excluding hydrogens is 517 g/mol. The van der Waals surface area contributed by atoms with Crippen molar-refractivity contribution in [3.05, 3.63) is 29.0 Å². The first-order valence-electron chi connectivity index (χ1n) is 9.00. The smallest absolute Gasteiger partial charge is 0.222 e. The lowest BCUT2D eigenvalue weighted by atomic mass is 10.2. The van der Waals surface area contributed by atoms with Gasteiger partial charge in [-0.05, 0) is 31.4 Å². The van der Waals surface area contributed by atoms with Gasteiger partial charge in [0.1, 0.15) is 5.15 Å². The van der Waals surface area contributed by atoms with Crippen molar-refractivity contribution in [3.63, 3.8) is 0 Å². The van der Waals surface area contributed by atoms with Crippen molar-refractivity contribution in [1.82, 2.24) is 20.9 Å². The topological polar surface area (TPSA) is 113 Å². The van der Waals surface area contributed by atoms with Gasteiger partial charge in [0.25, 0.3) is 0 Å². The van der Waals surface area contributed by atoms with Crippen LogP contribution in [0.15, 0.2) is 23.3 Å². The van der Waals surface area contributed by atoms with Gasteiger partial charge in [-0.15, -0.1) is 24.0 Å². The Bertz CT molecular complexity index is 759. The van der Waals surface area contributed by atoms with Crippen molar-refractivity contribution in [2.75, 3.05) is 31.1 Å². The Morgan fingerprint density at radius 3 is 2.75 bits per heavy atom. The monoisotopic (exact) mass is 543 g/mol. The highest BCUT2D eigenvalue weighted by Gasteiger charge is 2.28. The van der Waals surface area contributed by atoms with E-state index in [9.17, 15) is 13.2 Å². The molecule has 1 saturated heterocycles. The maximum atomic E-state index is 11.9. The van der Waals surface area contributed by atoms with Crippen LogP contribution in [0, 0.1) is 0 Å². The van der Waals surface area contributed by atoms with E-state index in [2.05, 4.69) is 25.9 Å². The summed E-state index contributed by atoms with van der Waals surface area (Å²) < 4.78 is 22.8. The first-order valence-corrected chi connectivity index (χ1v) is 11.2. The number of carbonyl (C=O) groups is 1. The van der Waals surface area contributed by atoms with Crippen LogP contribution in [0.1, 0.15) is 25.3 Å². The number of aromatic nitrogens is 1. The van der Waals surface area contributed by atoms with Crippen LogP contribution in [0.4, 0.5) is 0 Å². The predicted octanol–water partition coefficient (Wildman–Crippen LogP) is 1.14. The summed E-state index contributed by atoms with van der Waals surface area (Å²) in [4.78, 5) is 20.4. The summed E-state index contributed by atoms with van der Waals surface area (Å²) in [5.74, 6) is 0.638. The number of halogens is 2. The Labute approximate surface area is 188 Å². The summed E-state index contributed by atoms with van der Waals surface area (Å²) in [6, 6.07) is 3.41. The van der Waals surface area contributed by atoms with Gasteiger partial charge in [0.2, 0.25) is 5.91 Å². The van der Waals surface area contributed by atoms with Gasteiger partial charge in [0, 0.05) is 31.7 Å². The zero-order chi connectivity index (χ0) is 19.7. The molecule has 1 aliphatic rings. The van der Waals surface area contributed by atoms with E-state index in [1.165, 1.54) is 0 Å². The molecule has 28 heavy (non-hydrogen) atoms. The first kappa shape index (κ1) is 24.9. The van der Waals surface area contributed by atoms with Crippen LogP contribution in [0.25, 0.3) is 0 Å². The van der Waals surface area contributed by atoms with Crippen molar-refractivity contribution in [1.29, 1.82) is 0 Å². The molecule has 1 aromatic heterocycles. The third kappa shape index (κ3) is 9.37. The average molecular weight is 544 g/mol. The van der Waals surface area contributed by atoms with Crippen LogP contribution in [0.5, 0.6) is 0 Å². The van der Waals surface area contributed by atoms with Crippen LogP contribution >= 0.6 is 35.6 Å². The van der Waals surface area contributed by atoms with Crippen molar-refractivity contribution >= 4 is 57.3 Å². The van der Waals surface area contributed by atoms with Gasteiger partial charge in [0.05, 0.1) is 18.1 Å². The van der Waals surface area contributed by atoms with Crippen molar-refractivity contribution in [2.45, 2.75) is 32.2 Å². The predicted molar refractivity (Wildman–Crippen MR) is 122 cm³/mol. The third-order valence-corrected chi connectivity index (χ3v) is 6.04. The summed E-state index contributed by atoms with van der Waals surface area (Å²) in [6.45, 7) is 3.67. The van der Waals surface area contributed by atoms with E-state index in [0.29, 0.717) is 37.2 Å². The van der Waals surface area contributed by atoms with Crippen molar-refractivity contribution < 1.29 is 13.2 Å². The summed E-state index contributed by atoms with van der Waals surface area (Å²) in [7, 11) is -2.99. The van der Waals surface area contributed by atoms with Gasteiger partial charge >= 0.3 is 0 Å². The molecule has 2 heterocycles. The van der Waals surface area contributed by atoms with Crippen LogP contribution in [0.3, 0.4) is 0 Å². The van der Waals surface area contributed by atoms with Crippen LogP contribution in [0.2, 0.25) is 5.15 Å². The molecule has 2 rings (SSSR count). The Morgan fingerprint density at radius 1 is 1.36 bits per heavy atom. The molecule has 0 bridgehead atoms. The number of nitrogens with one attached hydrogen (secondary N) is 3. The number of guanidine groups is 1. The van der Waals surface area contributed by atoms with E-state index in [1.54, 1.807) is 12.3 Å². The number of hydrogen-bond donors (Lipinski definition) is 3. The molecule has 0 aliphatic carbocycles. The van der Waals surface area contributed by atoms with Crippen molar-refractivity contribution in [3.8, 4) is 0 Å². The summed E-state index contributed by atoms with van der Waals surface area (Å²) in [5, 5.41) is 9.57. The number of amides is 1. The summed E-state index contributed by atoms with van der Waals surface area (Å²) in [5.41, 5.74) is 1.06. The molecular formula is C17H27ClIN5O3S. The van der Waals surface area contributed by atoms with E-state index >= 15 is 0 Å². The number of hydrogen-bond acceptors (Lipinski definition) is 5. The minimum absolute atomic E-state index is 0. The third-order valence-electron chi connectivity index (χ3n) is 4.05. The number of rotatable bonds is 8. The SMILES string of the molecule is CCNC(=NCCC(=O)NC1CCS(=O)(=O)C1)NCCc1ccc(Cl)nc1.I. The molecule has 0 radical (unpaired) electrons. The number of pyridine rings is 1. The molecule has 0 saturated carbocycles. The maximum absolute atomic E-state index is 11.9. The van der Waals surface area contributed by atoms with Crippen LogP contribution in [-0.2, 0) is 21.1 Å². The highest BCUT2D eigenvalue weighted by Crippen LogP contribution is 2.11. The Kier molecular flexibility index (Phi) is 11.1. The number of nitrogens with zero attached hydrogens (tertiary/aromatic N) is 2. The molecule has 3 N–H and O–H groups in total. The summed E-state index contributed by atoms with van der Waals surface area (Å²) in [6.07, 6.45) is 3.21. The molecule has 158 valence electrons.